The summed E-state index contributed by atoms with van der Waals surface area (Å²) in [6.07, 6.45) is -4.55. The highest BCUT2D eigenvalue weighted by atomic mass is 16.8. The zero-order valence-electron chi connectivity index (χ0n) is 8.66. The predicted octanol–water partition coefficient (Wildman–Crippen LogP) is -1.42. The Balaban J connectivity index is 2.13. The molecular weight excluding hydrogens is 204 g/mol. The molecule has 2 fully saturated rings. The summed E-state index contributed by atoms with van der Waals surface area (Å²) < 4.78 is 16.0. The SMILES string of the molecule is CC1(C)O[C@H]2O[C@H](CO)[C@H](O)[C@@H](O)[C@H]2O1. The van der Waals surface area contributed by atoms with E-state index in [1.807, 2.05) is 0 Å². The van der Waals surface area contributed by atoms with Crippen molar-refractivity contribution < 1.29 is 29.5 Å². The van der Waals surface area contributed by atoms with Crippen molar-refractivity contribution in [3.05, 3.63) is 0 Å². The van der Waals surface area contributed by atoms with Gasteiger partial charge in [0.1, 0.15) is 24.4 Å². The van der Waals surface area contributed by atoms with Crippen LogP contribution in [0.15, 0.2) is 0 Å². The molecule has 6 heteroatoms. The fourth-order valence-corrected chi connectivity index (χ4v) is 1.91. The highest BCUT2D eigenvalue weighted by Gasteiger charge is 2.53. The van der Waals surface area contributed by atoms with E-state index in [0.29, 0.717) is 0 Å². The molecule has 0 aromatic heterocycles. The fourth-order valence-electron chi connectivity index (χ4n) is 1.91. The Morgan fingerprint density at radius 2 is 1.80 bits per heavy atom. The molecule has 0 amide bonds. The van der Waals surface area contributed by atoms with E-state index in [0.717, 1.165) is 0 Å². The first-order valence-corrected chi connectivity index (χ1v) is 4.93. The quantitative estimate of drug-likeness (QED) is 0.502. The van der Waals surface area contributed by atoms with Crippen LogP contribution in [0.2, 0.25) is 0 Å². The number of hydrogen-bond donors (Lipinski definition) is 3. The van der Waals surface area contributed by atoms with Crippen LogP contribution >= 0.6 is 0 Å². The third kappa shape index (κ3) is 1.89. The van der Waals surface area contributed by atoms with E-state index >= 15 is 0 Å². The van der Waals surface area contributed by atoms with Crippen molar-refractivity contribution in [2.45, 2.75) is 50.3 Å². The van der Waals surface area contributed by atoms with Gasteiger partial charge < -0.3 is 29.5 Å². The smallest absolute Gasteiger partial charge is 0.190 e. The third-order valence-electron chi connectivity index (χ3n) is 2.64. The second-order valence-electron chi connectivity index (χ2n) is 4.31. The molecule has 2 saturated heterocycles. The summed E-state index contributed by atoms with van der Waals surface area (Å²) in [5.41, 5.74) is 0. The van der Waals surface area contributed by atoms with E-state index in [4.69, 9.17) is 19.3 Å². The molecule has 2 heterocycles. The van der Waals surface area contributed by atoms with Crippen molar-refractivity contribution in [1.82, 2.24) is 0 Å². The van der Waals surface area contributed by atoms with Gasteiger partial charge in [0, 0.05) is 0 Å². The van der Waals surface area contributed by atoms with Crippen LogP contribution in [0.1, 0.15) is 13.8 Å². The monoisotopic (exact) mass is 220 g/mol. The van der Waals surface area contributed by atoms with Crippen LogP contribution in [-0.2, 0) is 14.2 Å². The molecule has 0 bridgehead atoms. The van der Waals surface area contributed by atoms with E-state index in [9.17, 15) is 10.2 Å². The molecule has 3 N–H and O–H groups in total. The Bertz CT molecular complexity index is 243. The van der Waals surface area contributed by atoms with Crippen molar-refractivity contribution in [2.75, 3.05) is 6.61 Å². The maximum Gasteiger partial charge on any atom is 0.190 e. The van der Waals surface area contributed by atoms with Gasteiger partial charge in [-0.15, -0.1) is 0 Å². The molecule has 2 aliphatic rings. The Morgan fingerprint density at radius 1 is 1.13 bits per heavy atom. The first-order chi connectivity index (χ1) is 6.94. The van der Waals surface area contributed by atoms with Gasteiger partial charge in [-0.25, -0.2) is 0 Å². The summed E-state index contributed by atoms with van der Waals surface area (Å²) in [6, 6.07) is 0. The number of hydrogen-bond acceptors (Lipinski definition) is 6. The van der Waals surface area contributed by atoms with Gasteiger partial charge >= 0.3 is 0 Å². The molecule has 5 atom stereocenters. The summed E-state index contributed by atoms with van der Waals surface area (Å²) >= 11 is 0. The number of aliphatic hydroxyl groups is 3. The minimum absolute atomic E-state index is 0.370. The van der Waals surface area contributed by atoms with Crippen LogP contribution in [-0.4, -0.2) is 58.4 Å². The minimum atomic E-state index is -1.16. The minimum Gasteiger partial charge on any atom is -0.394 e. The molecule has 0 aliphatic carbocycles. The zero-order chi connectivity index (χ0) is 11.2. The molecule has 6 nitrogen and oxygen atoms in total. The zero-order valence-corrected chi connectivity index (χ0v) is 8.66. The van der Waals surface area contributed by atoms with Crippen molar-refractivity contribution in [2.24, 2.45) is 0 Å². The molecule has 0 saturated carbocycles. The number of fused-ring (bicyclic) bond motifs is 1. The number of rotatable bonds is 1. The number of ether oxygens (including phenoxy) is 3. The summed E-state index contributed by atoms with van der Waals surface area (Å²) in [4.78, 5) is 0. The molecule has 15 heavy (non-hydrogen) atoms. The molecule has 0 unspecified atom stereocenters. The highest BCUT2D eigenvalue weighted by molar-refractivity contribution is 4.93. The predicted molar refractivity (Wildman–Crippen MR) is 47.8 cm³/mol. The Labute approximate surface area is 87.4 Å². The molecule has 0 spiro atoms. The second-order valence-corrected chi connectivity index (χ2v) is 4.31. The van der Waals surface area contributed by atoms with E-state index in [1.54, 1.807) is 13.8 Å². The lowest BCUT2D eigenvalue weighted by atomic mass is 9.99. The van der Waals surface area contributed by atoms with Crippen LogP contribution in [0.5, 0.6) is 0 Å². The Morgan fingerprint density at radius 3 is 2.40 bits per heavy atom. The van der Waals surface area contributed by atoms with E-state index in [1.165, 1.54) is 0 Å². The summed E-state index contributed by atoms with van der Waals surface area (Å²) in [5, 5.41) is 28.3. The van der Waals surface area contributed by atoms with Crippen molar-refractivity contribution >= 4 is 0 Å². The largest absolute Gasteiger partial charge is 0.394 e. The normalized spacial score (nSPS) is 49.0. The van der Waals surface area contributed by atoms with Gasteiger partial charge in [-0.1, -0.05) is 0 Å². The molecule has 2 rings (SSSR count). The second kappa shape index (κ2) is 3.65. The summed E-state index contributed by atoms with van der Waals surface area (Å²) in [7, 11) is 0. The first-order valence-electron chi connectivity index (χ1n) is 4.93. The van der Waals surface area contributed by atoms with Gasteiger partial charge in [-0.2, -0.15) is 0 Å². The maximum atomic E-state index is 9.74. The van der Waals surface area contributed by atoms with Gasteiger partial charge in [0.15, 0.2) is 12.1 Å². The lowest BCUT2D eigenvalue weighted by Crippen LogP contribution is -2.57. The average Bonchev–Trinajstić information content (AvgIpc) is 2.47. The van der Waals surface area contributed by atoms with Crippen molar-refractivity contribution in [3.63, 3.8) is 0 Å². The topological polar surface area (TPSA) is 88.4 Å². The molecular formula is C9H16O6. The van der Waals surface area contributed by atoms with Crippen LogP contribution in [0.3, 0.4) is 0 Å². The highest BCUT2D eigenvalue weighted by Crippen LogP contribution is 2.35. The van der Waals surface area contributed by atoms with E-state index < -0.39 is 36.5 Å². The molecule has 88 valence electrons. The molecule has 0 radical (unpaired) electrons. The summed E-state index contributed by atoms with van der Waals surface area (Å²) in [5.74, 6) is -0.847. The standard InChI is InChI=1S/C9H16O6/c1-9(2)14-7-6(12)5(11)4(3-10)13-8(7)15-9/h4-8,10-12H,3H2,1-2H3/t4-,5+,6-,7-,8-/m1/s1. The Kier molecular flexibility index (Phi) is 2.74. The van der Waals surface area contributed by atoms with Crippen LogP contribution in [0.4, 0.5) is 0 Å². The van der Waals surface area contributed by atoms with Gasteiger partial charge in [-0.3, -0.25) is 0 Å². The average molecular weight is 220 g/mol. The van der Waals surface area contributed by atoms with Gasteiger partial charge in [0.05, 0.1) is 6.61 Å². The van der Waals surface area contributed by atoms with Crippen LogP contribution in [0, 0.1) is 0 Å². The molecule has 0 aromatic rings. The fraction of sp³-hybridized carbons (Fsp3) is 1.00. The lowest BCUT2D eigenvalue weighted by Gasteiger charge is -2.36. The number of aliphatic hydroxyl groups excluding tert-OH is 3. The van der Waals surface area contributed by atoms with E-state index in [-0.39, 0.29) is 6.61 Å². The Hall–Kier alpha value is -0.240. The lowest BCUT2D eigenvalue weighted by molar-refractivity contribution is -0.256. The van der Waals surface area contributed by atoms with Crippen LogP contribution in [0.25, 0.3) is 0 Å². The van der Waals surface area contributed by atoms with Gasteiger partial charge in [-0.05, 0) is 13.8 Å². The van der Waals surface area contributed by atoms with Gasteiger partial charge in [0.2, 0.25) is 0 Å². The van der Waals surface area contributed by atoms with Crippen LogP contribution < -0.4 is 0 Å². The summed E-state index contributed by atoms with van der Waals surface area (Å²) in [6.45, 7) is 3.02. The van der Waals surface area contributed by atoms with Crippen molar-refractivity contribution in [1.29, 1.82) is 0 Å². The third-order valence-corrected chi connectivity index (χ3v) is 2.64. The van der Waals surface area contributed by atoms with Gasteiger partial charge in [0.25, 0.3) is 0 Å². The van der Waals surface area contributed by atoms with Crippen molar-refractivity contribution in [3.8, 4) is 0 Å². The maximum absolute atomic E-state index is 9.74. The molecule has 2 aliphatic heterocycles. The van der Waals surface area contributed by atoms with E-state index in [2.05, 4.69) is 0 Å². The first kappa shape index (κ1) is 11.3. The molecule has 0 aromatic carbocycles.